The van der Waals surface area contributed by atoms with E-state index in [0.29, 0.717) is 5.75 Å². The number of hydrogen-bond donors (Lipinski definition) is 1. The molecule has 0 saturated heterocycles. The number of carbonyl (C=O) groups excluding carboxylic acids is 2. The molecule has 0 radical (unpaired) electrons. The molecule has 0 saturated carbocycles. The van der Waals surface area contributed by atoms with E-state index >= 15 is 0 Å². The van der Waals surface area contributed by atoms with Crippen molar-refractivity contribution in [3.63, 3.8) is 0 Å². The number of fused-ring (bicyclic) bond motifs is 1. The first kappa shape index (κ1) is 20.1. The number of H-pyrrole nitrogens is 1. The van der Waals surface area contributed by atoms with Gasteiger partial charge in [0.1, 0.15) is 11.5 Å². The Balaban J connectivity index is 1.29. The number of carbonyl (C=O) groups is 2. The summed E-state index contributed by atoms with van der Waals surface area (Å²) in [4.78, 5) is 27.4. The Morgan fingerprint density at radius 1 is 0.742 bits per heavy atom. The average molecular weight is 407 g/mol. The number of aromatic nitrogens is 1. The van der Waals surface area contributed by atoms with Gasteiger partial charge in [0.15, 0.2) is 11.6 Å². The summed E-state index contributed by atoms with van der Waals surface area (Å²) in [5.74, 6) is 1.01. The fourth-order valence-corrected chi connectivity index (χ4v) is 3.11. The van der Waals surface area contributed by atoms with E-state index in [0.717, 1.165) is 27.8 Å². The van der Waals surface area contributed by atoms with Gasteiger partial charge < -0.3 is 9.72 Å². The smallest absolute Gasteiger partial charge is 0.163 e. The number of benzene rings is 3. The van der Waals surface area contributed by atoms with Crippen molar-refractivity contribution >= 4 is 34.6 Å². The number of hydrogen-bond acceptors (Lipinski definition) is 3. The number of ether oxygens (including phenoxy) is 1. The van der Waals surface area contributed by atoms with Crippen LogP contribution in [0.5, 0.6) is 11.5 Å². The summed E-state index contributed by atoms with van der Waals surface area (Å²) in [6.45, 7) is 0. The van der Waals surface area contributed by atoms with Crippen LogP contribution in [-0.4, -0.2) is 16.6 Å². The van der Waals surface area contributed by atoms with Crippen LogP contribution in [0.2, 0.25) is 0 Å². The van der Waals surface area contributed by atoms with Crippen molar-refractivity contribution < 1.29 is 14.3 Å². The predicted molar refractivity (Wildman–Crippen MR) is 124 cm³/mol. The fraction of sp³-hybridized carbons (Fsp3) is 0.0370. The number of allylic oxidation sites excluding steroid dienone is 2. The third-order valence-corrected chi connectivity index (χ3v) is 4.71. The molecule has 0 unspecified atom stereocenters. The lowest BCUT2D eigenvalue weighted by molar-refractivity contribution is -0.121. The number of rotatable bonds is 8. The van der Waals surface area contributed by atoms with Crippen molar-refractivity contribution in [1.82, 2.24) is 4.98 Å². The van der Waals surface area contributed by atoms with Crippen molar-refractivity contribution in [3.8, 4) is 11.5 Å². The van der Waals surface area contributed by atoms with Gasteiger partial charge in [-0.3, -0.25) is 9.59 Å². The van der Waals surface area contributed by atoms with Gasteiger partial charge >= 0.3 is 0 Å². The summed E-state index contributed by atoms with van der Waals surface area (Å²) in [5, 5.41) is 1.11. The van der Waals surface area contributed by atoms with E-state index in [1.165, 1.54) is 12.2 Å². The van der Waals surface area contributed by atoms with Crippen molar-refractivity contribution in [2.75, 3.05) is 0 Å². The molecule has 1 aromatic heterocycles. The Kier molecular flexibility index (Phi) is 6.19. The van der Waals surface area contributed by atoms with Crippen LogP contribution in [0.15, 0.2) is 97.2 Å². The lowest BCUT2D eigenvalue weighted by atomic mass is 10.1. The summed E-state index contributed by atoms with van der Waals surface area (Å²) in [6.07, 6.45) is 8.02. The zero-order valence-electron chi connectivity index (χ0n) is 16.8. The summed E-state index contributed by atoms with van der Waals surface area (Å²) in [7, 11) is 0. The van der Waals surface area contributed by atoms with Gasteiger partial charge in [-0.1, -0.05) is 54.6 Å². The number of ketones is 2. The van der Waals surface area contributed by atoms with Gasteiger partial charge in [-0.25, -0.2) is 0 Å². The molecule has 1 N–H and O–H groups in total. The minimum atomic E-state index is -0.237. The molecule has 0 spiro atoms. The van der Waals surface area contributed by atoms with E-state index in [4.69, 9.17) is 4.74 Å². The molecule has 0 amide bonds. The van der Waals surface area contributed by atoms with Gasteiger partial charge in [0.2, 0.25) is 0 Å². The molecule has 4 rings (SSSR count). The fourth-order valence-electron chi connectivity index (χ4n) is 3.11. The second-order valence-corrected chi connectivity index (χ2v) is 7.08. The van der Waals surface area contributed by atoms with E-state index < -0.39 is 0 Å². The zero-order chi connectivity index (χ0) is 21.5. The quantitative estimate of drug-likeness (QED) is 0.279. The summed E-state index contributed by atoms with van der Waals surface area (Å²) in [5.41, 5.74) is 2.77. The van der Waals surface area contributed by atoms with Crippen LogP contribution >= 0.6 is 0 Å². The number of para-hydroxylation sites is 1. The normalized spacial score (nSPS) is 11.4. The van der Waals surface area contributed by atoms with Crippen LogP contribution < -0.4 is 4.74 Å². The molecular weight excluding hydrogens is 386 g/mol. The number of aromatic amines is 1. The van der Waals surface area contributed by atoms with Gasteiger partial charge in [-0.2, -0.15) is 0 Å². The highest BCUT2D eigenvalue weighted by Crippen LogP contribution is 2.21. The first-order chi connectivity index (χ1) is 15.2. The standard InChI is InChI=1S/C27H21NO3/c29-23(19-24(30)13-8-21-6-11-22-16-17-28-27(22)18-21)12-7-20-9-14-26(15-10-20)31-25-4-2-1-3-5-25/h1-18,28H,19H2. The van der Waals surface area contributed by atoms with Gasteiger partial charge in [-0.15, -0.1) is 0 Å². The molecule has 0 aliphatic rings. The molecule has 0 fully saturated rings. The predicted octanol–water partition coefficient (Wildman–Crippen LogP) is 6.22. The topological polar surface area (TPSA) is 59.2 Å². The van der Waals surface area contributed by atoms with Crippen LogP contribution in [0.25, 0.3) is 23.1 Å². The van der Waals surface area contributed by atoms with Gasteiger partial charge in [-0.05, 0) is 65.1 Å². The molecule has 4 heteroatoms. The second kappa shape index (κ2) is 9.55. The Morgan fingerprint density at radius 2 is 1.39 bits per heavy atom. The molecular formula is C27H21NO3. The molecule has 0 aliphatic heterocycles. The van der Waals surface area contributed by atoms with Crippen molar-refractivity contribution in [3.05, 3.63) is 108 Å². The van der Waals surface area contributed by atoms with E-state index in [1.807, 2.05) is 85.1 Å². The third kappa shape index (κ3) is 5.67. The molecule has 4 nitrogen and oxygen atoms in total. The summed E-state index contributed by atoms with van der Waals surface area (Å²) < 4.78 is 5.75. The molecule has 3 aromatic carbocycles. The number of nitrogens with one attached hydrogen (secondary N) is 1. The molecule has 0 atom stereocenters. The van der Waals surface area contributed by atoms with E-state index in [2.05, 4.69) is 4.98 Å². The van der Waals surface area contributed by atoms with Crippen LogP contribution in [0.3, 0.4) is 0 Å². The van der Waals surface area contributed by atoms with E-state index in [9.17, 15) is 9.59 Å². The lowest BCUT2D eigenvalue weighted by Crippen LogP contribution is -2.01. The molecule has 31 heavy (non-hydrogen) atoms. The maximum Gasteiger partial charge on any atom is 0.163 e. The van der Waals surface area contributed by atoms with E-state index in [1.54, 1.807) is 12.2 Å². The van der Waals surface area contributed by atoms with E-state index in [-0.39, 0.29) is 18.0 Å². The van der Waals surface area contributed by atoms with Gasteiger partial charge in [0.05, 0.1) is 6.42 Å². The third-order valence-electron chi connectivity index (χ3n) is 4.71. The minimum Gasteiger partial charge on any atom is -0.457 e. The van der Waals surface area contributed by atoms with Crippen LogP contribution in [-0.2, 0) is 9.59 Å². The monoisotopic (exact) mass is 407 g/mol. The Morgan fingerprint density at radius 3 is 2.13 bits per heavy atom. The first-order valence-electron chi connectivity index (χ1n) is 9.98. The summed E-state index contributed by atoms with van der Waals surface area (Å²) >= 11 is 0. The second-order valence-electron chi connectivity index (χ2n) is 7.08. The molecule has 0 bridgehead atoms. The van der Waals surface area contributed by atoms with Crippen molar-refractivity contribution in [1.29, 1.82) is 0 Å². The van der Waals surface area contributed by atoms with Crippen LogP contribution in [0.4, 0.5) is 0 Å². The largest absolute Gasteiger partial charge is 0.457 e. The maximum absolute atomic E-state index is 12.1. The van der Waals surface area contributed by atoms with Gasteiger partial charge in [0, 0.05) is 11.7 Å². The van der Waals surface area contributed by atoms with Crippen LogP contribution in [0.1, 0.15) is 17.5 Å². The molecule has 4 aromatic rings. The highest BCUT2D eigenvalue weighted by Gasteiger charge is 2.04. The highest BCUT2D eigenvalue weighted by molar-refractivity contribution is 6.11. The zero-order valence-corrected chi connectivity index (χ0v) is 16.8. The lowest BCUT2D eigenvalue weighted by Gasteiger charge is -2.05. The maximum atomic E-state index is 12.1. The van der Waals surface area contributed by atoms with Crippen molar-refractivity contribution in [2.24, 2.45) is 0 Å². The minimum absolute atomic E-state index is 0.160. The Bertz CT molecular complexity index is 1250. The SMILES string of the molecule is O=C(C=Cc1ccc(Oc2ccccc2)cc1)CC(=O)C=Cc1ccc2cc[nH]c2c1. The molecule has 0 aliphatic carbocycles. The molecule has 1 heterocycles. The Hall–Kier alpha value is -4.18. The summed E-state index contributed by atoms with van der Waals surface area (Å²) in [6, 6.07) is 24.8. The first-order valence-corrected chi connectivity index (χ1v) is 9.98. The molecule has 152 valence electrons. The highest BCUT2D eigenvalue weighted by atomic mass is 16.5. The average Bonchev–Trinajstić information content (AvgIpc) is 3.26. The Labute approximate surface area is 180 Å². The van der Waals surface area contributed by atoms with Crippen LogP contribution in [0, 0.1) is 0 Å². The van der Waals surface area contributed by atoms with Crippen molar-refractivity contribution in [2.45, 2.75) is 6.42 Å². The van der Waals surface area contributed by atoms with Gasteiger partial charge in [0.25, 0.3) is 0 Å².